The molecule has 2 heterocycles. The van der Waals surface area contributed by atoms with Gasteiger partial charge >= 0.3 is 5.97 Å². The monoisotopic (exact) mass is 433 g/mol. The summed E-state index contributed by atoms with van der Waals surface area (Å²) >= 11 is 5.98. The first kappa shape index (κ1) is 20.6. The fourth-order valence-corrected chi connectivity index (χ4v) is 3.50. The van der Waals surface area contributed by atoms with Crippen molar-refractivity contribution in [2.75, 3.05) is 7.11 Å². The number of nitrogens with zero attached hydrogens (tertiary/aromatic N) is 2. The molecule has 156 valence electrons. The van der Waals surface area contributed by atoms with Gasteiger partial charge in [0.15, 0.2) is 5.69 Å². The standard InChI is InChI=1S/C24H20ClN3O3/c1-31-24(30)19-6-2-16(3-7-19)14-27-23(29)21-22-18(10-12-26-21)11-13-28(22)15-17-4-8-20(25)9-5-17/h2-13H,14-15H2,1H3,(H,27,29). The number of nitrogens with one attached hydrogen (secondary N) is 1. The van der Waals surface area contributed by atoms with Crippen LogP contribution < -0.4 is 5.32 Å². The van der Waals surface area contributed by atoms with E-state index < -0.39 is 5.97 Å². The van der Waals surface area contributed by atoms with Gasteiger partial charge in [-0.3, -0.25) is 4.79 Å². The van der Waals surface area contributed by atoms with E-state index >= 15 is 0 Å². The van der Waals surface area contributed by atoms with E-state index in [4.69, 9.17) is 16.3 Å². The minimum absolute atomic E-state index is 0.265. The molecule has 0 fully saturated rings. The van der Waals surface area contributed by atoms with Gasteiger partial charge < -0.3 is 14.6 Å². The van der Waals surface area contributed by atoms with E-state index in [0.29, 0.717) is 29.4 Å². The van der Waals surface area contributed by atoms with E-state index in [2.05, 4.69) is 10.3 Å². The van der Waals surface area contributed by atoms with Gasteiger partial charge in [0, 0.05) is 35.9 Å². The van der Waals surface area contributed by atoms with Crippen LogP contribution in [0.2, 0.25) is 5.02 Å². The van der Waals surface area contributed by atoms with Crippen LogP contribution in [0.15, 0.2) is 73.1 Å². The molecule has 1 N–H and O–H groups in total. The molecule has 0 unspecified atom stereocenters. The second kappa shape index (κ2) is 9.02. The van der Waals surface area contributed by atoms with Crippen LogP contribution in [0.5, 0.6) is 0 Å². The molecule has 0 saturated heterocycles. The molecular weight excluding hydrogens is 414 g/mol. The third-order valence-electron chi connectivity index (χ3n) is 4.99. The average Bonchev–Trinajstić information content (AvgIpc) is 3.21. The number of carbonyl (C=O) groups excluding carboxylic acids is 2. The second-order valence-electron chi connectivity index (χ2n) is 7.04. The number of methoxy groups -OCH3 is 1. The molecule has 0 saturated carbocycles. The molecule has 0 aliphatic rings. The first-order chi connectivity index (χ1) is 15.0. The smallest absolute Gasteiger partial charge is 0.337 e. The summed E-state index contributed by atoms with van der Waals surface area (Å²) in [5.41, 5.74) is 3.54. The number of pyridine rings is 1. The quantitative estimate of drug-likeness (QED) is 0.456. The van der Waals surface area contributed by atoms with Crippen molar-refractivity contribution in [2.24, 2.45) is 0 Å². The fraction of sp³-hybridized carbons (Fsp3) is 0.125. The lowest BCUT2D eigenvalue weighted by molar-refractivity contribution is 0.0600. The summed E-state index contributed by atoms with van der Waals surface area (Å²) in [6, 6.07) is 18.4. The highest BCUT2D eigenvalue weighted by molar-refractivity contribution is 6.30. The van der Waals surface area contributed by atoms with Gasteiger partial charge in [0.05, 0.1) is 18.2 Å². The Hall–Kier alpha value is -3.64. The minimum Gasteiger partial charge on any atom is -0.465 e. The molecule has 4 aromatic rings. The van der Waals surface area contributed by atoms with Crippen molar-refractivity contribution < 1.29 is 14.3 Å². The summed E-state index contributed by atoms with van der Waals surface area (Å²) in [5.74, 6) is -0.661. The average molecular weight is 434 g/mol. The molecule has 0 aliphatic heterocycles. The van der Waals surface area contributed by atoms with Crippen molar-refractivity contribution in [3.8, 4) is 0 Å². The summed E-state index contributed by atoms with van der Waals surface area (Å²) in [6.45, 7) is 0.915. The number of carbonyl (C=O) groups is 2. The van der Waals surface area contributed by atoms with Crippen LogP contribution in [0.3, 0.4) is 0 Å². The third kappa shape index (κ3) is 4.59. The Balaban J connectivity index is 1.53. The van der Waals surface area contributed by atoms with Crippen LogP contribution >= 0.6 is 11.6 Å². The van der Waals surface area contributed by atoms with Crippen LogP contribution in [-0.4, -0.2) is 28.5 Å². The highest BCUT2D eigenvalue weighted by Gasteiger charge is 2.15. The van der Waals surface area contributed by atoms with Crippen LogP contribution in [0.4, 0.5) is 0 Å². The number of hydrogen-bond donors (Lipinski definition) is 1. The maximum atomic E-state index is 12.9. The van der Waals surface area contributed by atoms with Crippen LogP contribution in [0.25, 0.3) is 10.9 Å². The number of ether oxygens (including phenoxy) is 1. The number of aromatic nitrogens is 2. The molecule has 31 heavy (non-hydrogen) atoms. The lowest BCUT2D eigenvalue weighted by Crippen LogP contribution is -2.24. The lowest BCUT2D eigenvalue weighted by Gasteiger charge is -2.10. The maximum absolute atomic E-state index is 12.9. The van der Waals surface area contributed by atoms with Gasteiger partial charge in [-0.25, -0.2) is 9.78 Å². The Morgan fingerprint density at radius 2 is 1.71 bits per heavy atom. The van der Waals surface area contributed by atoms with Gasteiger partial charge in [0.25, 0.3) is 5.91 Å². The summed E-state index contributed by atoms with van der Waals surface area (Å²) in [6.07, 6.45) is 3.58. The molecule has 1 amide bonds. The summed E-state index contributed by atoms with van der Waals surface area (Å²) < 4.78 is 6.70. The number of benzene rings is 2. The number of amides is 1. The Morgan fingerprint density at radius 1 is 1.00 bits per heavy atom. The Bertz CT molecular complexity index is 1230. The first-order valence-electron chi connectivity index (χ1n) is 9.69. The molecule has 2 aromatic carbocycles. The van der Waals surface area contributed by atoms with E-state index in [9.17, 15) is 9.59 Å². The molecule has 2 aromatic heterocycles. The van der Waals surface area contributed by atoms with E-state index in [1.807, 2.05) is 47.2 Å². The Labute approximate surface area is 184 Å². The molecule has 4 rings (SSSR count). The fourth-order valence-electron chi connectivity index (χ4n) is 3.38. The van der Waals surface area contributed by atoms with E-state index in [-0.39, 0.29) is 5.91 Å². The number of halogens is 1. The molecule has 0 bridgehead atoms. The Morgan fingerprint density at radius 3 is 2.42 bits per heavy atom. The van der Waals surface area contributed by atoms with Crippen LogP contribution in [-0.2, 0) is 17.8 Å². The van der Waals surface area contributed by atoms with Crippen molar-refractivity contribution in [2.45, 2.75) is 13.1 Å². The highest BCUT2D eigenvalue weighted by Crippen LogP contribution is 2.21. The zero-order valence-electron chi connectivity index (χ0n) is 16.8. The van der Waals surface area contributed by atoms with Gasteiger partial charge in [0.2, 0.25) is 0 Å². The normalized spacial score (nSPS) is 10.8. The summed E-state index contributed by atoms with van der Waals surface area (Å²) in [4.78, 5) is 28.8. The number of rotatable bonds is 6. The zero-order valence-corrected chi connectivity index (χ0v) is 17.6. The van der Waals surface area contributed by atoms with Gasteiger partial charge in [-0.15, -0.1) is 0 Å². The largest absolute Gasteiger partial charge is 0.465 e. The number of fused-ring (bicyclic) bond motifs is 1. The topological polar surface area (TPSA) is 73.2 Å². The van der Waals surface area contributed by atoms with Gasteiger partial charge in [-0.05, 0) is 47.5 Å². The van der Waals surface area contributed by atoms with Gasteiger partial charge in [-0.2, -0.15) is 0 Å². The predicted molar refractivity (Wildman–Crippen MR) is 119 cm³/mol. The van der Waals surface area contributed by atoms with E-state index in [1.165, 1.54) is 7.11 Å². The molecule has 7 heteroatoms. The molecule has 0 atom stereocenters. The van der Waals surface area contributed by atoms with E-state index in [0.717, 1.165) is 22.0 Å². The second-order valence-corrected chi connectivity index (χ2v) is 7.48. The summed E-state index contributed by atoms with van der Waals surface area (Å²) in [5, 5.41) is 4.53. The SMILES string of the molecule is COC(=O)c1ccc(CNC(=O)c2nccc3ccn(Cc4ccc(Cl)cc4)c23)cc1. The number of esters is 1. The highest BCUT2D eigenvalue weighted by atomic mass is 35.5. The van der Waals surface area contributed by atoms with E-state index in [1.54, 1.807) is 30.5 Å². The predicted octanol–water partition coefficient (Wildman–Crippen LogP) is 4.45. The molecule has 6 nitrogen and oxygen atoms in total. The van der Waals surface area contributed by atoms with Crippen molar-refractivity contribution in [3.05, 3.63) is 100 Å². The molecular formula is C24H20ClN3O3. The first-order valence-corrected chi connectivity index (χ1v) is 10.1. The molecule has 0 radical (unpaired) electrons. The van der Waals surface area contributed by atoms with Gasteiger partial charge in [-0.1, -0.05) is 35.9 Å². The lowest BCUT2D eigenvalue weighted by atomic mass is 10.1. The molecule has 0 aliphatic carbocycles. The van der Waals surface area contributed by atoms with Crippen molar-refractivity contribution in [1.29, 1.82) is 0 Å². The Kier molecular flexibility index (Phi) is 6.00. The van der Waals surface area contributed by atoms with Crippen LogP contribution in [0.1, 0.15) is 32.0 Å². The zero-order chi connectivity index (χ0) is 21.8. The van der Waals surface area contributed by atoms with Crippen molar-refractivity contribution >= 4 is 34.4 Å². The van der Waals surface area contributed by atoms with Crippen molar-refractivity contribution in [3.63, 3.8) is 0 Å². The van der Waals surface area contributed by atoms with Gasteiger partial charge in [0.1, 0.15) is 0 Å². The third-order valence-corrected chi connectivity index (χ3v) is 5.24. The number of hydrogen-bond acceptors (Lipinski definition) is 4. The molecule has 0 spiro atoms. The minimum atomic E-state index is -0.395. The van der Waals surface area contributed by atoms with Crippen LogP contribution in [0, 0.1) is 0 Å². The summed E-state index contributed by atoms with van der Waals surface area (Å²) in [7, 11) is 1.34. The van der Waals surface area contributed by atoms with Crippen molar-refractivity contribution in [1.82, 2.24) is 14.9 Å². The maximum Gasteiger partial charge on any atom is 0.337 e.